The number of carbonyl (C=O) groups excluding carboxylic acids is 1. The maximum absolute atomic E-state index is 12.2. The highest BCUT2D eigenvalue weighted by Crippen LogP contribution is 2.24. The number of benzene rings is 1. The highest BCUT2D eigenvalue weighted by Gasteiger charge is 2.32. The van der Waals surface area contributed by atoms with Gasteiger partial charge in [0.05, 0.1) is 26.2 Å². The maximum atomic E-state index is 12.2. The zero-order chi connectivity index (χ0) is 16.2. The number of rotatable bonds is 5. The van der Waals surface area contributed by atoms with E-state index in [1.54, 1.807) is 18.2 Å². The van der Waals surface area contributed by atoms with E-state index >= 15 is 0 Å². The lowest BCUT2D eigenvalue weighted by molar-refractivity contribution is -0.954. The Kier molecular flexibility index (Phi) is 6.09. The first-order valence-electron chi connectivity index (χ1n) is 7.52. The number of morpholine rings is 1. The lowest BCUT2D eigenvalue weighted by Gasteiger charge is -2.37. The van der Waals surface area contributed by atoms with Crippen molar-refractivity contribution in [2.75, 3.05) is 32.8 Å². The minimum Gasteiger partial charge on any atom is -0.370 e. The summed E-state index contributed by atoms with van der Waals surface area (Å²) in [5.41, 5.74) is 0.656. The number of quaternary nitrogens is 1. The Hall–Kier alpha value is -0.810. The summed E-state index contributed by atoms with van der Waals surface area (Å²) >= 11 is 12.2. The molecule has 0 unspecified atom stereocenters. The van der Waals surface area contributed by atoms with E-state index in [1.165, 1.54) is 4.90 Å². The summed E-state index contributed by atoms with van der Waals surface area (Å²) < 4.78 is 5.39. The molecule has 2 rings (SSSR count). The molecule has 4 nitrogen and oxygen atoms in total. The van der Waals surface area contributed by atoms with Crippen molar-refractivity contribution in [1.82, 2.24) is 5.32 Å². The summed E-state index contributed by atoms with van der Waals surface area (Å²) in [6.45, 7) is 8.44. The largest absolute Gasteiger partial charge is 0.370 e. The van der Waals surface area contributed by atoms with E-state index in [0.29, 0.717) is 22.2 Å². The smallest absolute Gasteiger partial charge is 0.224 e. The summed E-state index contributed by atoms with van der Waals surface area (Å²) in [4.78, 5) is 13.6. The molecule has 6 heteroatoms. The van der Waals surface area contributed by atoms with Gasteiger partial charge in [0.25, 0.3) is 0 Å². The summed E-state index contributed by atoms with van der Waals surface area (Å²) in [6.07, 6.45) is 0.201. The van der Waals surface area contributed by atoms with Crippen molar-refractivity contribution in [1.29, 1.82) is 0 Å². The van der Waals surface area contributed by atoms with Crippen LogP contribution in [0.5, 0.6) is 0 Å². The van der Waals surface area contributed by atoms with Crippen LogP contribution in [0, 0.1) is 0 Å². The molecule has 0 aliphatic carbocycles. The van der Waals surface area contributed by atoms with Crippen LogP contribution in [0.25, 0.3) is 0 Å². The van der Waals surface area contributed by atoms with Gasteiger partial charge >= 0.3 is 0 Å². The van der Waals surface area contributed by atoms with E-state index in [2.05, 4.69) is 19.2 Å². The summed E-state index contributed by atoms with van der Waals surface area (Å²) in [5.74, 6) is -0.0595. The van der Waals surface area contributed by atoms with Crippen molar-refractivity contribution in [3.05, 3.63) is 33.8 Å². The van der Waals surface area contributed by atoms with Crippen LogP contribution in [-0.4, -0.2) is 44.3 Å². The Balaban J connectivity index is 1.89. The van der Waals surface area contributed by atoms with Gasteiger partial charge in [0, 0.05) is 10.0 Å². The fraction of sp³-hybridized carbons (Fsp3) is 0.562. The molecule has 0 atom stereocenters. The predicted octanol–water partition coefficient (Wildman–Crippen LogP) is 1.35. The Morgan fingerprint density at radius 1 is 1.27 bits per heavy atom. The van der Waals surface area contributed by atoms with E-state index in [0.717, 1.165) is 26.3 Å². The van der Waals surface area contributed by atoms with Gasteiger partial charge < -0.3 is 15.0 Å². The van der Waals surface area contributed by atoms with Crippen molar-refractivity contribution >= 4 is 29.1 Å². The second-order valence-electron chi connectivity index (χ2n) is 6.25. The van der Waals surface area contributed by atoms with Crippen molar-refractivity contribution in [3.8, 4) is 0 Å². The molecule has 1 aromatic carbocycles. The van der Waals surface area contributed by atoms with Crippen LogP contribution in [-0.2, 0) is 16.0 Å². The Labute approximate surface area is 141 Å². The fourth-order valence-corrected chi connectivity index (χ4v) is 3.19. The topological polar surface area (TPSA) is 42.8 Å². The molecule has 0 aromatic heterocycles. The Morgan fingerprint density at radius 2 is 1.86 bits per heavy atom. The van der Waals surface area contributed by atoms with Crippen LogP contribution in [0.1, 0.15) is 19.4 Å². The van der Waals surface area contributed by atoms with Gasteiger partial charge in [-0.15, -0.1) is 0 Å². The monoisotopic (exact) mass is 345 g/mol. The Bertz CT molecular complexity index is 509. The number of hydrogen-bond donors (Lipinski definition) is 2. The van der Waals surface area contributed by atoms with E-state index in [9.17, 15) is 4.79 Å². The molecule has 0 spiro atoms. The quantitative estimate of drug-likeness (QED) is 0.845. The third kappa shape index (κ3) is 4.59. The van der Waals surface area contributed by atoms with Crippen LogP contribution in [0.3, 0.4) is 0 Å². The van der Waals surface area contributed by atoms with Crippen molar-refractivity contribution in [2.45, 2.75) is 25.8 Å². The van der Waals surface area contributed by atoms with Gasteiger partial charge in [0.2, 0.25) is 5.91 Å². The first-order valence-corrected chi connectivity index (χ1v) is 8.28. The Morgan fingerprint density at radius 3 is 2.45 bits per heavy atom. The predicted molar refractivity (Wildman–Crippen MR) is 88.8 cm³/mol. The molecule has 2 N–H and O–H groups in total. The molecule has 1 saturated heterocycles. The van der Waals surface area contributed by atoms with Gasteiger partial charge in [-0.2, -0.15) is 0 Å². The molecule has 1 fully saturated rings. The molecule has 122 valence electrons. The van der Waals surface area contributed by atoms with Crippen LogP contribution >= 0.6 is 23.2 Å². The molecule has 1 heterocycles. The summed E-state index contributed by atoms with van der Waals surface area (Å²) in [7, 11) is 0. The van der Waals surface area contributed by atoms with Gasteiger partial charge in [-0.1, -0.05) is 29.3 Å². The third-order valence-corrected chi connectivity index (χ3v) is 4.89. The number of nitrogens with one attached hydrogen (secondary N) is 2. The zero-order valence-electron chi connectivity index (χ0n) is 13.0. The van der Waals surface area contributed by atoms with E-state index in [-0.39, 0.29) is 17.9 Å². The average Bonchev–Trinajstić information content (AvgIpc) is 2.50. The second kappa shape index (κ2) is 7.64. The molecule has 22 heavy (non-hydrogen) atoms. The minimum atomic E-state index is -0.0595. The third-order valence-electron chi connectivity index (χ3n) is 4.18. The number of hydrogen-bond acceptors (Lipinski definition) is 2. The molecule has 1 aliphatic heterocycles. The first kappa shape index (κ1) is 17.5. The zero-order valence-corrected chi connectivity index (χ0v) is 14.6. The lowest BCUT2D eigenvalue weighted by atomic mass is 10.0. The minimum absolute atomic E-state index is 0.0241. The van der Waals surface area contributed by atoms with Crippen molar-refractivity contribution in [3.63, 3.8) is 0 Å². The molecular formula is C16H23Cl2N2O2+. The maximum Gasteiger partial charge on any atom is 0.224 e. The van der Waals surface area contributed by atoms with Gasteiger partial charge in [-0.3, -0.25) is 4.79 Å². The van der Waals surface area contributed by atoms with E-state index in [1.807, 2.05) is 0 Å². The first-order chi connectivity index (χ1) is 10.4. The van der Waals surface area contributed by atoms with Gasteiger partial charge in [0.1, 0.15) is 18.6 Å². The van der Waals surface area contributed by atoms with Gasteiger partial charge in [-0.25, -0.2) is 0 Å². The van der Waals surface area contributed by atoms with Crippen molar-refractivity contribution < 1.29 is 14.4 Å². The molecule has 0 radical (unpaired) electrons. The average molecular weight is 346 g/mol. The highest BCUT2D eigenvalue weighted by atomic mass is 35.5. The van der Waals surface area contributed by atoms with Gasteiger partial charge in [-0.05, 0) is 31.5 Å². The number of carbonyl (C=O) groups is 1. The molecule has 0 saturated carbocycles. The van der Waals surface area contributed by atoms with Crippen LogP contribution < -0.4 is 10.2 Å². The number of halogens is 2. The summed E-state index contributed by atoms with van der Waals surface area (Å²) in [5, 5.41) is 4.06. The normalized spacial score (nSPS) is 16.5. The number of amides is 1. The van der Waals surface area contributed by atoms with E-state index < -0.39 is 0 Å². The fourth-order valence-electron chi connectivity index (χ4n) is 2.66. The lowest BCUT2D eigenvalue weighted by Crippen LogP contribution is -3.22. The molecular weight excluding hydrogens is 323 g/mol. The highest BCUT2D eigenvalue weighted by molar-refractivity contribution is 6.36. The van der Waals surface area contributed by atoms with Crippen LogP contribution in [0.15, 0.2) is 18.2 Å². The second-order valence-corrected chi connectivity index (χ2v) is 7.07. The van der Waals surface area contributed by atoms with E-state index in [4.69, 9.17) is 27.9 Å². The van der Waals surface area contributed by atoms with Crippen LogP contribution in [0.4, 0.5) is 0 Å². The van der Waals surface area contributed by atoms with Crippen LogP contribution in [0.2, 0.25) is 10.0 Å². The molecule has 1 amide bonds. The standard InChI is InChI=1S/C16H22Cl2N2O2/c1-16(2,20-6-8-22-9-7-20)11-19-15(21)10-12-13(17)4-3-5-14(12)18/h3-5H,6-11H2,1-2H3,(H,19,21)/p+1. The van der Waals surface area contributed by atoms with Gasteiger partial charge in [0.15, 0.2) is 0 Å². The molecule has 0 bridgehead atoms. The van der Waals surface area contributed by atoms with Crippen molar-refractivity contribution in [2.24, 2.45) is 0 Å². The number of ether oxygens (including phenoxy) is 1. The molecule has 1 aromatic rings. The molecule has 1 aliphatic rings. The SMILES string of the molecule is CC(C)(CNC(=O)Cc1c(Cl)cccc1Cl)[NH+]1CCOCC1. The summed E-state index contributed by atoms with van der Waals surface area (Å²) in [6, 6.07) is 5.27.